The highest BCUT2D eigenvalue weighted by Crippen LogP contribution is 2.24. The summed E-state index contributed by atoms with van der Waals surface area (Å²) in [7, 11) is 0. The van der Waals surface area contributed by atoms with Gasteiger partial charge >= 0.3 is 0 Å². The molecule has 0 aliphatic carbocycles. The second kappa shape index (κ2) is 8.99. The second-order valence-corrected chi connectivity index (χ2v) is 6.75. The van der Waals surface area contributed by atoms with Crippen molar-refractivity contribution >= 4 is 40.6 Å². The summed E-state index contributed by atoms with van der Waals surface area (Å²) in [4.78, 5) is 24.8. The predicted molar refractivity (Wildman–Crippen MR) is 104 cm³/mol. The molecule has 1 aromatic carbocycles. The van der Waals surface area contributed by atoms with Crippen LogP contribution in [0.15, 0.2) is 35.7 Å². The minimum atomic E-state index is -0.198. The highest BCUT2D eigenvalue weighted by molar-refractivity contribution is 7.14. The van der Waals surface area contributed by atoms with Gasteiger partial charge in [-0.05, 0) is 48.5 Å². The van der Waals surface area contributed by atoms with E-state index in [0.717, 1.165) is 25.9 Å². The Kier molecular flexibility index (Phi) is 6.99. The van der Waals surface area contributed by atoms with Crippen molar-refractivity contribution in [1.82, 2.24) is 10.6 Å². The van der Waals surface area contributed by atoms with E-state index < -0.39 is 0 Å². The van der Waals surface area contributed by atoms with E-state index in [-0.39, 0.29) is 30.3 Å². The van der Waals surface area contributed by atoms with Gasteiger partial charge in [0.15, 0.2) is 0 Å². The molecule has 1 atom stereocenters. The van der Waals surface area contributed by atoms with Gasteiger partial charge in [-0.3, -0.25) is 9.59 Å². The van der Waals surface area contributed by atoms with Crippen molar-refractivity contribution in [2.75, 3.05) is 18.4 Å². The largest absolute Gasteiger partial charge is 0.348 e. The lowest BCUT2D eigenvalue weighted by molar-refractivity contribution is 0.0941. The van der Waals surface area contributed by atoms with Gasteiger partial charge in [0.05, 0.1) is 5.56 Å². The lowest BCUT2D eigenvalue weighted by Crippen LogP contribution is -2.36. The number of rotatable bonds is 5. The maximum absolute atomic E-state index is 12.4. The van der Waals surface area contributed by atoms with Crippen molar-refractivity contribution in [3.63, 3.8) is 0 Å². The molecule has 0 bridgehead atoms. The molecule has 1 saturated heterocycles. The van der Waals surface area contributed by atoms with Gasteiger partial charge < -0.3 is 16.0 Å². The van der Waals surface area contributed by atoms with E-state index in [9.17, 15) is 9.59 Å². The lowest BCUT2D eigenvalue weighted by Gasteiger charge is -2.12. The van der Waals surface area contributed by atoms with Crippen LogP contribution in [0.5, 0.6) is 0 Å². The fourth-order valence-electron chi connectivity index (χ4n) is 2.69. The standard InChI is InChI=1S/C18H21N3O2S.ClH/c1-2-12-3-5-13(6-4-12)16(22)21-18-15(8-10-24-18)17(23)20-14-7-9-19-11-14;/h3-6,8,10,14,19H,2,7,9,11H2,1H3,(H,20,23)(H,21,22);1H. The van der Waals surface area contributed by atoms with Gasteiger partial charge in [0.2, 0.25) is 0 Å². The van der Waals surface area contributed by atoms with E-state index in [1.54, 1.807) is 6.07 Å². The van der Waals surface area contributed by atoms with E-state index in [0.29, 0.717) is 16.1 Å². The topological polar surface area (TPSA) is 70.2 Å². The summed E-state index contributed by atoms with van der Waals surface area (Å²) in [5, 5.41) is 11.5. The van der Waals surface area contributed by atoms with E-state index in [2.05, 4.69) is 22.9 Å². The van der Waals surface area contributed by atoms with Crippen LogP contribution in [0.3, 0.4) is 0 Å². The first-order valence-corrected chi connectivity index (χ1v) is 9.04. The SMILES string of the molecule is CCc1ccc(C(=O)Nc2sccc2C(=O)NC2CCNC2)cc1.Cl. The molecular weight excluding hydrogens is 358 g/mol. The minimum absolute atomic E-state index is 0. The Morgan fingerprint density at radius 1 is 1.20 bits per heavy atom. The summed E-state index contributed by atoms with van der Waals surface area (Å²) in [5.74, 6) is -0.335. The zero-order valence-electron chi connectivity index (χ0n) is 14.0. The molecule has 2 heterocycles. The number of carbonyl (C=O) groups excluding carboxylic acids is 2. The van der Waals surface area contributed by atoms with Crippen LogP contribution < -0.4 is 16.0 Å². The summed E-state index contributed by atoms with van der Waals surface area (Å²) >= 11 is 1.36. The van der Waals surface area contributed by atoms with Crippen LogP contribution in [0.1, 0.15) is 39.6 Å². The third-order valence-electron chi connectivity index (χ3n) is 4.16. The maximum atomic E-state index is 12.4. The van der Waals surface area contributed by atoms with E-state index in [1.807, 2.05) is 29.6 Å². The molecule has 0 saturated carbocycles. The Bertz CT molecular complexity index is 724. The number of hydrogen-bond acceptors (Lipinski definition) is 4. The lowest BCUT2D eigenvalue weighted by atomic mass is 10.1. The van der Waals surface area contributed by atoms with E-state index in [4.69, 9.17) is 0 Å². The van der Waals surface area contributed by atoms with Crippen LogP contribution in [-0.4, -0.2) is 30.9 Å². The number of benzene rings is 1. The van der Waals surface area contributed by atoms with Gasteiger partial charge in [-0.1, -0.05) is 19.1 Å². The molecule has 2 amide bonds. The molecule has 1 fully saturated rings. The first kappa shape index (κ1) is 19.4. The van der Waals surface area contributed by atoms with Crippen LogP contribution in [0.4, 0.5) is 5.00 Å². The molecule has 7 heteroatoms. The molecule has 3 rings (SSSR count). The zero-order chi connectivity index (χ0) is 16.9. The molecular formula is C18H22ClN3O2S. The third kappa shape index (κ3) is 4.81. The first-order chi connectivity index (χ1) is 11.7. The van der Waals surface area contributed by atoms with Crippen molar-refractivity contribution in [2.45, 2.75) is 25.8 Å². The molecule has 0 radical (unpaired) electrons. The van der Waals surface area contributed by atoms with Gasteiger partial charge in [0.1, 0.15) is 5.00 Å². The zero-order valence-corrected chi connectivity index (χ0v) is 15.6. The monoisotopic (exact) mass is 379 g/mol. The molecule has 134 valence electrons. The van der Waals surface area contributed by atoms with Crippen molar-refractivity contribution < 1.29 is 9.59 Å². The molecule has 0 spiro atoms. The number of amides is 2. The fraction of sp³-hybridized carbons (Fsp3) is 0.333. The number of carbonyl (C=O) groups is 2. The smallest absolute Gasteiger partial charge is 0.256 e. The van der Waals surface area contributed by atoms with Crippen molar-refractivity contribution in [3.05, 3.63) is 52.4 Å². The quantitative estimate of drug-likeness (QED) is 0.747. The highest BCUT2D eigenvalue weighted by atomic mass is 35.5. The van der Waals surface area contributed by atoms with E-state index in [1.165, 1.54) is 16.9 Å². The van der Waals surface area contributed by atoms with Gasteiger partial charge in [0, 0.05) is 18.2 Å². The fourth-order valence-corrected chi connectivity index (χ4v) is 3.47. The normalized spacial score (nSPS) is 16.1. The Hall–Kier alpha value is -1.89. The summed E-state index contributed by atoms with van der Waals surface area (Å²) in [6, 6.07) is 9.42. The Labute approximate surface area is 157 Å². The van der Waals surface area contributed by atoms with Gasteiger partial charge in [-0.25, -0.2) is 0 Å². The number of aryl methyl sites for hydroxylation is 1. The number of halogens is 1. The van der Waals surface area contributed by atoms with Gasteiger partial charge in [0.25, 0.3) is 11.8 Å². The summed E-state index contributed by atoms with van der Waals surface area (Å²) < 4.78 is 0. The molecule has 5 nitrogen and oxygen atoms in total. The highest BCUT2D eigenvalue weighted by Gasteiger charge is 2.21. The molecule has 1 aromatic heterocycles. The molecule has 1 unspecified atom stereocenters. The number of thiophene rings is 1. The summed E-state index contributed by atoms with van der Waals surface area (Å²) in [5.41, 5.74) is 2.30. The molecule has 25 heavy (non-hydrogen) atoms. The van der Waals surface area contributed by atoms with Crippen molar-refractivity contribution in [3.8, 4) is 0 Å². The average Bonchev–Trinajstić information content (AvgIpc) is 3.26. The Morgan fingerprint density at radius 3 is 2.60 bits per heavy atom. The van der Waals surface area contributed by atoms with Crippen molar-refractivity contribution in [1.29, 1.82) is 0 Å². The molecule has 1 aliphatic rings. The van der Waals surface area contributed by atoms with Crippen LogP contribution in [0, 0.1) is 0 Å². The number of anilines is 1. The first-order valence-electron chi connectivity index (χ1n) is 8.16. The molecule has 1 aliphatic heterocycles. The number of hydrogen-bond donors (Lipinski definition) is 3. The van der Waals surface area contributed by atoms with Crippen molar-refractivity contribution in [2.24, 2.45) is 0 Å². The minimum Gasteiger partial charge on any atom is -0.348 e. The summed E-state index contributed by atoms with van der Waals surface area (Å²) in [6.45, 7) is 3.79. The van der Waals surface area contributed by atoms with Crippen LogP contribution in [0.25, 0.3) is 0 Å². The van der Waals surface area contributed by atoms with Crippen LogP contribution in [0.2, 0.25) is 0 Å². The Morgan fingerprint density at radius 2 is 1.96 bits per heavy atom. The average molecular weight is 380 g/mol. The Balaban J connectivity index is 0.00000225. The third-order valence-corrected chi connectivity index (χ3v) is 4.99. The van der Waals surface area contributed by atoms with Crippen LogP contribution in [-0.2, 0) is 6.42 Å². The maximum Gasteiger partial charge on any atom is 0.256 e. The van der Waals surface area contributed by atoms with Gasteiger partial charge in [-0.2, -0.15) is 0 Å². The van der Waals surface area contributed by atoms with Gasteiger partial charge in [-0.15, -0.1) is 23.7 Å². The molecule has 3 N–H and O–H groups in total. The van der Waals surface area contributed by atoms with E-state index >= 15 is 0 Å². The van der Waals surface area contributed by atoms with Crippen LogP contribution >= 0.6 is 23.7 Å². The number of nitrogens with one attached hydrogen (secondary N) is 3. The summed E-state index contributed by atoms with van der Waals surface area (Å²) in [6.07, 6.45) is 1.87. The second-order valence-electron chi connectivity index (χ2n) is 5.83. The molecule has 2 aromatic rings. The predicted octanol–water partition coefficient (Wildman–Crippen LogP) is 3.08.